The molecule has 0 atom stereocenters. The van der Waals surface area contributed by atoms with Gasteiger partial charge in [0.2, 0.25) is 5.91 Å². The van der Waals surface area contributed by atoms with Crippen LogP contribution in [-0.2, 0) is 11.2 Å². The number of aryl methyl sites for hydroxylation is 1. The Morgan fingerprint density at radius 2 is 1.69 bits per heavy atom. The van der Waals surface area contributed by atoms with E-state index in [1.807, 2.05) is 36.4 Å². The fourth-order valence-corrected chi connectivity index (χ4v) is 4.18. The van der Waals surface area contributed by atoms with Gasteiger partial charge in [0.1, 0.15) is 11.5 Å². The number of halogens is 1. The van der Waals surface area contributed by atoms with Gasteiger partial charge in [-0.3, -0.25) is 9.69 Å². The van der Waals surface area contributed by atoms with Crippen LogP contribution in [0.5, 0.6) is 11.5 Å². The summed E-state index contributed by atoms with van der Waals surface area (Å²) in [5.41, 5.74) is 2.67. The van der Waals surface area contributed by atoms with E-state index in [4.69, 9.17) is 9.47 Å². The van der Waals surface area contributed by atoms with E-state index >= 15 is 0 Å². The normalized spacial score (nSPS) is 11.6. The lowest BCUT2D eigenvalue weighted by atomic mass is 10.1. The Morgan fingerprint density at radius 1 is 1.03 bits per heavy atom. The quantitative estimate of drug-likeness (QED) is 0.373. The maximum absolute atomic E-state index is 12.5. The van der Waals surface area contributed by atoms with Crippen LogP contribution in [0.1, 0.15) is 45.2 Å². The Hall–Kier alpha value is -2.31. The molecule has 1 N–H and O–H groups in total. The van der Waals surface area contributed by atoms with Crippen LogP contribution in [0, 0.1) is 0 Å². The number of nitrogens with one attached hydrogen (secondary N) is 1. The third kappa shape index (κ3) is 7.68. The van der Waals surface area contributed by atoms with Gasteiger partial charge in [0.25, 0.3) is 0 Å². The zero-order valence-corrected chi connectivity index (χ0v) is 21.5. The molecule has 1 amide bonds. The predicted molar refractivity (Wildman–Crippen MR) is 137 cm³/mol. The second-order valence-electron chi connectivity index (χ2n) is 8.26. The number of hydrogen-bond acceptors (Lipinski definition) is 4. The van der Waals surface area contributed by atoms with Crippen LogP contribution in [0.3, 0.4) is 0 Å². The number of rotatable bonds is 11. The van der Waals surface area contributed by atoms with Crippen LogP contribution >= 0.6 is 15.9 Å². The van der Waals surface area contributed by atoms with Crippen molar-refractivity contribution in [2.75, 3.05) is 26.1 Å². The van der Waals surface area contributed by atoms with Gasteiger partial charge in [-0.1, -0.05) is 15.9 Å². The van der Waals surface area contributed by atoms with Crippen LogP contribution < -0.4 is 14.8 Å². The highest BCUT2D eigenvalue weighted by molar-refractivity contribution is 9.10. The number of ether oxygens (including phenoxy) is 2. The monoisotopic (exact) mass is 502 g/mol. The van der Waals surface area contributed by atoms with Gasteiger partial charge in [-0.25, -0.2) is 0 Å². The van der Waals surface area contributed by atoms with Crippen molar-refractivity contribution >= 4 is 33.6 Å². The zero-order chi connectivity index (χ0) is 23.7. The maximum Gasteiger partial charge on any atom is 0.248 e. The van der Waals surface area contributed by atoms with Crippen molar-refractivity contribution in [3.8, 4) is 11.5 Å². The first-order valence-electron chi connectivity index (χ1n) is 11.0. The standard InChI is InChI=1S/C26H35BrN2O3/c1-18(2)29(19(3)4)15-7-8-20-17-23(11-13-25(20)32-6)28-26(30)14-9-21-16-22(27)10-12-24(21)31-5/h9-14,16-19H,7-8,15H2,1-6H3,(H,28,30)/b14-9+. The van der Waals surface area contributed by atoms with Gasteiger partial charge < -0.3 is 14.8 Å². The predicted octanol–water partition coefficient (Wildman–Crippen LogP) is 6.17. The van der Waals surface area contributed by atoms with Crippen molar-refractivity contribution in [1.82, 2.24) is 4.90 Å². The summed E-state index contributed by atoms with van der Waals surface area (Å²) >= 11 is 3.45. The molecule has 2 aromatic carbocycles. The van der Waals surface area contributed by atoms with Crippen molar-refractivity contribution in [3.63, 3.8) is 0 Å². The highest BCUT2D eigenvalue weighted by Gasteiger charge is 2.13. The SMILES string of the molecule is COc1ccc(Br)cc1/C=C/C(=O)Nc1ccc(OC)c(CCCN(C(C)C)C(C)C)c1. The zero-order valence-electron chi connectivity index (χ0n) is 19.9. The highest BCUT2D eigenvalue weighted by Crippen LogP contribution is 2.26. The molecule has 0 saturated carbocycles. The lowest BCUT2D eigenvalue weighted by Crippen LogP contribution is -2.37. The number of amides is 1. The van der Waals surface area contributed by atoms with Crippen molar-refractivity contribution in [2.24, 2.45) is 0 Å². The van der Waals surface area contributed by atoms with Crippen molar-refractivity contribution < 1.29 is 14.3 Å². The Labute approximate surface area is 200 Å². The highest BCUT2D eigenvalue weighted by atomic mass is 79.9. The average Bonchev–Trinajstić information content (AvgIpc) is 2.75. The maximum atomic E-state index is 12.5. The van der Waals surface area contributed by atoms with Gasteiger partial charge >= 0.3 is 0 Å². The lowest BCUT2D eigenvalue weighted by Gasteiger charge is -2.30. The molecule has 2 rings (SSSR count). The molecule has 174 valence electrons. The summed E-state index contributed by atoms with van der Waals surface area (Å²) in [5, 5.41) is 2.95. The molecule has 0 heterocycles. The molecule has 32 heavy (non-hydrogen) atoms. The number of hydrogen-bond donors (Lipinski definition) is 1. The van der Waals surface area contributed by atoms with Crippen LogP contribution in [-0.4, -0.2) is 43.7 Å². The first kappa shape index (κ1) is 25.9. The number of methoxy groups -OCH3 is 2. The molecule has 2 aromatic rings. The molecule has 0 unspecified atom stereocenters. The molecule has 5 nitrogen and oxygen atoms in total. The van der Waals surface area contributed by atoms with Crippen LogP contribution in [0.4, 0.5) is 5.69 Å². The molecule has 6 heteroatoms. The third-order valence-corrected chi connectivity index (χ3v) is 5.84. The van der Waals surface area contributed by atoms with Gasteiger partial charge in [0, 0.05) is 33.9 Å². The Kier molecular flexibility index (Phi) is 10.3. The smallest absolute Gasteiger partial charge is 0.248 e. The molecule has 0 aliphatic carbocycles. The fourth-order valence-electron chi connectivity index (χ4n) is 3.80. The Bertz CT molecular complexity index is 917. The number of nitrogens with zero attached hydrogens (tertiary/aromatic N) is 1. The topological polar surface area (TPSA) is 50.8 Å². The molecule has 0 saturated heterocycles. The van der Waals surface area contributed by atoms with E-state index in [1.165, 1.54) is 6.08 Å². The first-order chi connectivity index (χ1) is 15.2. The van der Waals surface area contributed by atoms with Crippen LogP contribution in [0.2, 0.25) is 0 Å². The van der Waals surface area contributed by atoms with Gasteiger partial charge in [0.15, 0.2) is 0 Å². The molecule has 0 radical (unpaired) electrons. The van der Waals surface area contributed by atoms with E-state index < -0.39 is 0 Å². The summed E-state index contributed by atoms with van der Waals surface area (Å²) in [5.74, 6) is 1.35. The largest absolute Gasteiger partial charge is 0.496 e. The van der Waals surface area contributed by atoms with E-state index in [0.29, 0.717) is 17.8 Å². The third-order valence-electron chi connectivity index (χ3n) is 5.34. The van der Waals surface area contributed by atoms with Crippen LogP contribution in [0.25, 0.3) is 6.08 Å². The summed E-state index contributed by atoms with van der Waals surface area (Å²) in [6, 6.07) is 12.5. The lowest BCUT2D eigenvalue weighted by molar-refractivity contribution is -0.111. The summed E-state index contributed by atoms with van der Waals surface area (Å²) in [4.78, 5) is 15.0. The van der Waals surface area contributed by atoms with E-state index in [-0.39, 0.29) is 5.91 Å². The van der Waals surface area contributed by atoms with Gasteiger partial charge in [-0.05, 0) is 95.1 Å². The van der Waals surface area contributed by atoms with Crippen LogP contribution in [0.15, 0.2) is 46.9 Å². The number of benzene rings is 2. The minimum Gasteiger partial charge on any atom is -0.496 e. The van der Waals surface area contributed by atoms with Gasteiger partial charge in [-0.15, -0.1) is 0 Å². The van der Waals surface area contributed by atoms with Crippen molar-refractivity contribution in [3.05, 3.63) is 58.1 Å². The minimum atomic E-state index is -0.200. The molecule has 0 bridgehead atoms. The van der Waals surface area contributed by atoms with E-state index in [0.717, 1.165) is 46.4 Å². The molecular weight excluding hydrogens is 468 g/mol. The second-order valence-corrected chi connectivity index (χ2v) is 9.18. The summed E-state index contributed by atoms with van der Waals surface area (Å²) in [6.45, 7) is 9.94. The molecule has 0 aromatic heterocycles. The van der Waals surface area contributed by atoms with Gasteiger partial charge in [-0.2, -0.15) is 0 Å². The second kappa shape index (κ2) is 12.7. The fraction of sp³-hybridized carbons (Fsp3) is 0.423. The summed E-state index contributed by atoms with van der Waals surface area (Å²) < 4.78 is 11.8. The summed E-state index contributed by atoms with van der Waals surface area (Å²) in [6.07, 6.45) is 5.16. The molecule has 0 spiro atoms. The van der Waals surface area contributed by atoms with Gasteiger partial charge in [0.05, 0.1) is 14.2 Å². The Morgan fingerprint density at radius 3 is 2.31 bits per heavy atom. The first-order valence-corrected chi connectivity index (χ1v) is 11.8. The van der Waals surface area contributed by atoms with E-state index in [2.05, 4.69) is 53.8 Å². The molecular formula is C26H35BrN2O3. The van der Waals surface area contributed by atoms with Crippen molar-refractivity contribution in [1.29, 1.82) is 0 Å². The van der Waals surface area contributed by atoms with E-state index in [1.54, 1.807) is 20.3 Å². The molecule has 0 fully saturated rings. The number of carbonyl (C=O) groups excluding carboxylic acids is 1. The molecule has 0 aliphatic heterocycles. The number of anilines is 1. The average molecular weight is 503 g/mol. The minimum absolute atomic E-state index is 0.200. The van der Waals surface area contributed by atoms with E-state index in [9.17, 15) is 4.79 Å². The number of carbonyl (C=O) groups is 1. The Balaban J connectivity index is 2.06. The van der Waals surface area contributed by atoms with Crippen molar-refractivity contribution in [2.45, 2.75) is 52.6 Å². The summed E-state index contributed by atoms with van der Waals surface area (Å²) in [7, 11) is 3.29. The molecule has 0 aliphatic rings.